The van der Waals surface area contributed by atoms with Crippen molar-refractivity contribution < 1.29 is 54.8 Å². The van der Waals surface area contributed by atoms with Crippen molar-refractivity contribution >= 4 is 65.4 Å². The Morgan fingerprint density at radius 2 is 0.522 bits per heavy atom. The molecule has 4 heterocycles. The summed E-state index contributed by atoms with van der Waals surface area (Å²) in [4.78, 5) is 14.2. The van der Waals surface area contributed by atoms with Gasteiger partial charge >= 0.3 is 0 Å². The summed E-state index contributed by atoms with van der Waals surface area (Å²) in [5, 5.41) is -4.54. The van der Waals surface area contributed by atoms with Gasteiger partial charge in [-0.05, 0) is 59.5 Å². The number of fused-ring (bicyclic) bond motifs is 9. The molecule has 0 radical (unpaired) electrons. The van der Waals surface area contributed by atoms with Crippen molar-refractivity contribution in [1.29, 1.82) is 0 Å². The molecule has 0 saturated heterocycles. The molecule has 6 nitrogen and oxygen atoms in total. The lowest BCUT2D eigenvalue weighted by Crippen LogP contribution is -2.10. The van der Waals surface area contributed by atoms with Crippen LogP contribution in [0, 0.1) is 0 Å². The molecule has 14 rings (SSSR count). The smallest absolute Gasteiger partial charge is 0.238 e. The number of benzene rings is 10. The van der Waals surface area contributed by atoms with E-state index >= 15 is 0 Å². The van der Waals surface area contributed by atoms with Crippen LogP contribution >= 0.6 is 0 Å². The Bertz CT molecular complexity index is 6130. The van der Waals surface area contributed by atoms with E-state index in [1.807, 2.05) is 0 Å². The third kappa shape index (κ3) is 6.02. The van der Waals surface area contributed by atoms with E-state index in [4.69, 9.17) is 39.6 Å². The predicted molar refractivity (Wildman–Crippen MR) is 285 cm³/mol. The Kier molecular flexibility index (Phi) is 3.65. The molecule has 322 valence electrons. The van der Waals surface area contributed by atoms with Crippen LogP contribution in [0.4, 0.5) is 0 Å². The van der Waals surface area contributed by atoms with E-state index in [0.717, 1.165) is 0 Å². The normalized spacial score (nSPS) is 19.9. The minimum atomic E-state index is -1.40. The van der Waals surface area contributed by atoms with Gasteiger partial charge in [-0.15, -0.1) is 0 Å². The number of rotatable bonds is 7. The van der Waals surface area contributed by atoms with Crippen LogP contribution in [0.1, 0.15) is 54.8 Å². The molecular weight excluding hydrogens is 841 g/mol. The van der Waals surface area contributed by atoms with Crippen molar-refractivity contribution in [2.75, 3.05) is 0 Å². The topological polar surface area (TPSA) is 53.5 Å². The van der Waals surface area contributed by atoms with E-state index in [1.165, 1.54) is 0 Å². The van der Waals surface area contributed by atoms with Gasteiger partial charge in [0.1, 0.15) is 0 Å². The molecule has 0 spiro atoms. The Morgan fingerprint density at radius 1 is 0.246 bits per heavy atom. The van der Waals surface area contributed by atoms with Gasteiger partial charge in [-0.25, -0.2) is 4.98 Å². The van der Waals surface area contributed by atoms with Crippen molar-refractivity contribution in [3.8, 4) is 62.4 Å². The molecule has 10 aromatic carbocycles. The molecule has 0 amide bonds. The van der Waals surface area contributed by atoms with Crippen LogP contribution in [0.2, 0.25) is 0 Å². The zero-order valence-corrected chi connectivity index (χ0v) is 34.2. The molecule has 0 unspecified atom stereocenters. The van der Waals surface area contributed by atoms with Crippen LogP contribution in [-0.4, -0.2) is 28.7 Å². The molecule has 0 fully saturated rings. The maximum absolute atomic E-state index is 10.3. The summed E-state index contributed by atoms with van der Waals surface area (Å²) in [7, 11) is 0. The molecule has 14 aromatic rings. The zero-order valence-electron chi connectivity index (χ0n) is 74.2. The summed E-state index contributed by atoms with van der Waals surface area (Å²) in [6, 6.07) is -45.8. The highest BCUT2D eigenvalue weighted by Crippen LogP contribution is 2.44. The number of hydrogen-bond acceptors (Lipinski definition) is 3. The van der Waals surface area contributed by atoms with Gasteiger partial charge in [0.2, 0.25) is 5.95 Å². The maximum atomic E-state index is 10.3. The number of para-hydroxylation sites is 8. The lowest BCUT2D eigenvalue weighted by atomic mass is 9.98. The van der Waals surface area contributed by atoms with Gasteiger partial charge in [0.05, 0.1) is 99.3 Å². The zero-order chi connectivity index (χ0) is 80.2. The summed E-state index contributed by atoms with van der Waals surface area (Å²) < 4.78 is 375. The van der Waals surface area contributed by atoms with E-state index in [1.54, 1.807) is 0 Å². The van der Waals surface area contributed by atoms with E-state index in [-0.39, 0.29) is 0 Å². The first-order valence-corrected chi connectivity index (χ1v) is 20.1. The second kappa shape index (κ2) is 15.6. The Balaban J connectivity index is 1.37. The maximum Gasteiger partial charge on any atom is 0.238 e. The molecule has 0 saturated carbocycles. The largest absolute Gasteiger partial charge is 0.308 e. The van der Waals surface area contributed by atoms with Crippen molar-refractivity contribution in [2.24, 2.45) is 0 Å². The van der Waals surface area contributed by atoms with Gasteiger partial charge in [-0.2, -0.15) is 9.97 Å². The summed E-state index contributed by atoms with van der Waals surface area (Å²) in [5.41, 5.74) is -14.8. The van der Waals surface area contributed by atoms with Crippen molar-refractivity contribution in [2.45, 2.75) is 0 Å². The first-order chi connectivity index (χ1) is 50.9. The summed E-state index contributed by atoms with van der Waals surface area (Å²) in [5.74, 6) is -4.00. The minimum Gasteiger partial charge on any atom is -0.308 e. The number of hydrogen-bond donors (Lipinski definition) is 0. The molecule has 0 aliphatic heterocycles. The fourth-order valence-corrected chi connectivity index (χ4v) is 8.28. The number of nitrogens with zero attached hydrogens (tertiary/aromatic N) is 6. The molecule has 69 heavy (non-hydrogen) atoms. The highest BCUT2D eigenvalue weighted by atomic mass is 15.2. The first kappa shape index (κ1) is 16.1. The molecule has 0 aliphatic rings. The van der Waals surface area contributed by atoms with Gasteiger partial charge in [0.15, 0.2) is 11.6 Å². The lowest BCUT2D eigenvalue weighted by molar-refractivity contribution is 0.950. The van der Waals surface area contributed by atoms with Crippen LogP contribution in [0.3, 0.4) is 0 Å². The predicted octanol–water partition coefficient (Wildman–Crippen LogP) is 15.8. The van der Waals surface area contributed by atoms with Gasteiger partial charge in [0.25, 0.3) is 0 Å². The fraction of sp³-hybridized carbons (Fsp3) is 0. The number of aromatic nitrogens is 6. The molecule has 4 aromatic heterocycles. The average molecular weight is 921 g/mol. The van der Waals surface area contributed by atoms with Crippen LogP contribution < -0.4 is 0 Å². The van der Waals surface area contributed by atoms with Crippen LogP contribution in [0.5, 0.6) is 0 Å². The molecule has 0 bridgehead atoms. The first-order valence-electron chi connectivity index (χ1n) is 40.1. The highest BCUT2D eigenvalue weighted by molar-refractivity contribution is 6.12. The second-order valence-corrected chi connectivity index (χ2v) is 14.6. The highest BCUT2D eigenvalue weighted by Gasteiger charge is 2.26. The van der Waals surface area contributed by atoms with Crippen LogP contribution in [-0.2, 0) is 0 Å². The van der Waals surface area contributed by atoms with Crippen LogP contribution in [0.15, 0.2) is 242 Å². The van der Waals surface area contributed by atoms with Gasteiger partial charge < -0.3 is 9.13 Å². The molecule has 0 N–H and O–H groups in total. The summed E-state index contributed by atoms with van der Waals surface area (Å²) >= 11 is 0. The molecular formula is C63H40N6. The van der Waals surface area contributed by atoms with Crippen LogP contribution in [0.25, 0.3) is 128 Å². The van der Waals surface area contributed by atoms with Crippen molar-refractivity contribution in [1.82, 2.24) is 28.7 Å². The third-order valence-electron chi connectivity index (χ3n) is 11.0. The van der Waals surface area contributed by atoms with Crippen molar-refractivity contribution in [3.05, 3.63) is 242 Å². The monoisotopic (exact) mass is 921 g/mol. The Labute approximate surface area is 453 Å². The quantitative estimate of drug-likeness (QED) is 0.160. The van der Waals surface area contributed by atoms with Gasteiger partial charge in [0, 0.05) is 54.6 Å². The van der Waals surface area contributed by atoms with E-state index in [2.05, 4.69) is 0 Å². The van der Waals surface area contributed by atoms with Crippen molar-refractivity contribution in [3.63, 3.8) is 0 Å². The average Bonchev–Trinajstić information content (AvgIpc) is 1.57. The standard InChI is InChI=1S/C63H40N6/c1-3-21-41(22-4-1)43-31-19-33-51(59(43)67-53-35-13-7-25-45(53)46-26-8-14-36-54(46)67)61-64-62(66-63(65-61)69-57-39-17-11-29-49(57)50-30-12-18-40-58(50)69)52-34-20-32-44(42-23-5-2-6-24-42)60(52)68-55-37-15-9-27-47(55)48-28-10-16-38-56(48)68/h1-40H/i1D,2D,3D,4D,5D,6D,7D,8D,9D,10D,11D,12D,13D,14D,15D,16D,17D,18D,19D,20D,21D,22D,23D,24D,25D,26D,27D,28D,29D,30D,31D,32D,33D,34D,35D,36D,37D,38D,39D,40D. The summed E-state index contributed by atoms with van der Waals surface area (Å²) in [6.45, 7) is 0. The van der Waals surface area contributed by atoms with Gasteiger partial charge in [-0.1, -0.05) is 193 Å². The lowest BCUT2D eigenvalue weighted by Gasteiger charge is -2.20. The van der Waals surface area contributed by atoms with E-state index in [9.17, 15) is 30.2 Å². The van der Waals surface area contributed by atoms with E-state index in [0.29, 0.717) is 13.7 Å². The fourth-order valence-electron chi connectivity index (χ4n) is 8.28. The van der Waals surface area contributed by atoms with Gasteiger partial charge in [-0.3, -0.25) is 4.57 Å². The molecule has 0 aliphatic carbocycles. The minimum absolute atomic E-state index is 0.552. The SMILES string of the molecule is [2H]c1c([2H])c([2H])c(-c2c([2H])c([2H])c([2H])c(-c3nc(-c4c([2H])c([2H])c([2H])c(-c5c([2H])c([2H])c([2H])c([2H])c5[2H])c4-n4c5c([2H])c([2H])c([2H])c([2H])c5c5c([2H])c([2H])c([2H])c([2H])c54)nc(-n4c5c([2H])c([2H])c([2H])c([2H])c5c5c([2H])c([2H])c([2H])c([2H])c54)n3)c2-n2c3c([2H])c([2H])c([2H])c([2H])c3c3c([2H])c([2H])c([2H])c([2H])c32)c([2H])c1[2H]. The molecule has 0 atom stereocenters. The Morgan fingerprint density at radius 3 is 0.855 bits per heavy atom. The third-order valence-corrected chi connectivity index (χ3v) is 11.0. The summed E-state index contributed by atoms with van der Waals surface area (Å²) in [6.07, 6.45) is 0. The second-order valence-electron chi connectivity index (χ2n) is 14.6. The Hall–Kier alpha value is -9.39. The molecule has 6 heteroatoms. The van der Waals surface area contributed by atoms with E-state index < -0.39 is 369 Å².